The second-order valence-electron chi connectivity index (χ2n) is 10.2. The summed E-state index contributed by atoms with van der Waals surface area (Å²) in [6, 6.07) is 6.23. The van der Waals surface area contributed by atoms with E-state index in [1.54, 1.807) is 58.2 Å². The van der Waals surface area contributed by atoms with E-state index in [1.807, 2.05) is 6.92 Å². The van der Waals surface area contributed by atoms with Gasteiger partial charge in [-0.15, -0.1) is 13.2 Å². The molecular weight excluding hydrogens is 486 g/mol. The number of carbonyl (C=O) groups is 3. The molecule has 3 fully saturated rings. The number of benzene rings is 1. The summed E-state index contributed by atoms with van der Waals surface area (Å²) in [4.78, 5) is 47.0. The molecule has 1 aromatic carbocycles. The number of rotatable bonds is 13. The van der Waals surface area contributed by atoms with Crippen LogP contribution in [0.15, 0.2) is 49.6 Å². The predicted molar refractivity (Wildman–Crippen MR) is 144 cm³/mol. The number of aliphatic hydroxyl groups excluding tert-OH is 1. The van der Waals surface area contributed by atoms with Crippen LogP contribution >= 0.6 is 0 Å². The fourth-order valence-corrected chi connectivity index (χ4v) is 6.49. The van der Waals surface area contributed by atoms with E-state index in [-0.39, 0.29) is 37.4 Å². The number of amides is 3. The Balaban J connectivity index is 1.73. The molecule has 3 saturated heterocycles. The maximum Gasteiger partial charge on any atom is 0.253 e. The number of hydrogen-bond acceptors (Lipinski definition) is 6. The normalized spacial score (nSPS) is 27.2. The molecule has 206 valence electrons. The maximum atomic E-state index is 14.4. The molecule has 1 N–H and O–H groups in total. The van der Waals surface area contributed by atoms with Crippen LogP contribution in [0.1, 0.15) is 32.6 Å². The Morgan fingerprint density at radius 3 is 2.53 bits per heavy atom. The van der Waals surface area contributed by atoms with Gasteiger partial charge in [-0.05, 0) is 49.9 Å². The molecule has 0 aliphatic carbocycles. The molecule has 5 atom stereocenters. The summed E-state index contributed by atoms with van der Waals surface area (Å²) in [5, 5.41) is 9.56. The van der Waals surface area contributed by atoms with Crippen molar-refractivity contribution in [2.45, 2.75) is 50.4 Å². The average Bonchev–Trinajstić information content (AvgIpc) is 3.57. The van der Waals surface area contributed by atoms with Crippen molar-refractivity contribution in [3.63, 3.8) is 0 Å². The van der Waals surface area contributed by atoms with Gasteiger partial charge in [0.2, 0.25) is 11.8 Å². The van der Waals surface area contributed by atoms with E-state index in [4.69, 9.17) is 9.47 Å². The van der Waals surface area contributed by atoms with Crippen LogP contribution in [0.2, 0.25) is 0 Å². The van der Waals surface area contributed by atoms with Crippen LogP contribution in [0.4, 0.5) is 5.69 Å². The zero-order chi connectivity index (χ0) is 27.4. The van der Waals surface area contributed by atoms with Crippen molar-refractivity contribution in [3.05, 3.63) is 49.6 Å². The Morgan fingerprint density at radius 1 is 1.21 bits per heavy atom. The van der Waals surface area contributed by atoms with Crippen molar-refractivity contribution in [1.82, 2.24) is 9.80 Å². The van der Waals surface area contributed by atoms with Crippen molar-refractivity contribution in [2.75, 3.05) is 44.8 Å². The molecule has 9 nitrogen and oxygen atoms in total. The van der Waals surface area contributed by atoms with Crippen molar-refractivity contribution in [1.29, 1.82) is 0 Å². The van der Waals surface area contributed by atoms with Crippen LogP contribution in [0.5, 0.6) is 5.75 Å². The standard InChI is InChI=1S/C29H39N3O6/c1-5-15-30(16-6-2)26(34)23-22-13-14-29(38-22)24(23)27(35)32(18-8-19-33)25(29)28(36)31(17-7-3)20-9-11-21(37-4)12-10-20/h5,7,9-12,22-25,33H,1,3,6,8,13-19H2,2,4H3/t22-,23+,24+,25?,29?/m1/s1. The number of anilines is 1. The van der Waals surface area contributed by atoms with E-state index < -0.39 is 29.6 Å². The first kappa shape index (κ1) is 27.9. The summed E-state index contributed by atoms with van der Waals surface area (Å²) in [7, 11) is 1.58. The lowest BCUT2D eigenvalue weighted by Crippen LogP contribution is -2.56. The summed E-state index contributed by atoms with van der Waals surface area (Å²) in [6.07, 6.45) is 5.15. The number of nitrogens with zero attached hydrogens (tertiary/aromatic N) is 3. The Labute approximate surface area is 224 Å². The average molecular weight is 526 g/mol. The third-order valence-electron chi connectivity index (χ3n) is 7.99. The summed E-state index contributed by atoms with van der Waals surface area (Å²) >= 11 is 0. The highest BCUT2D eigenvalue weighted by Gasteiger charge is 2.74. The minimum Gasteiger partial charge on any atom is -0.497 e. The van der Waals surface area contributed by atoms with Gasteiger partial charge in [0.05, 0.1) is 25.0 Å². The van der Waals surface area contributed by atoms with Crippen LogP contribution < -0.4 is 9.64 Å². The third-order valence-corrected chi connectivity index (χ3v) is 7.99. The van der Waals surface area contributed by atoms with Gasteiger partial charge >= 0.3 is 0 Å². The smallest absolute Gasteiger partial charge is 0.253 e. The molecule has 2 bridgehead atoms. The molecule has 0 radical (unpaired) electrons. The maximum absolute atomic E-state index is 14.4. The van der Waals surface area contributed by atoms with Crippen LogP contribution in [0, 0.1) is 11.8 Å². The molecule has 2 unspecified atom stereocenters. The molecular formula is C29H39N3O6. The van der Waals surface area contributed by atoms with E-state index >= 15 is 0 Å². The molecule has 9 heteroatoms. The molecule has 1 aromatic rings. The van der Waals surface area contributed by atoms with Gasteiger partial charge in [0.25, 0.3) is 5.91 Å². The van der Waals surface area contributed by atoms with Gasteiger partial charge in [-0.3, -0.25) is 14.4 Å². The summed E-state index contributed by atoms with van der Waals surface area (Å²) in [5.41, 5.74) is -0.447. The molecule has 0 saturated carbocycles. The van der Waals surface area contributed by atoms with E-state index in [0.717, 1.165) is 6.42 Å². The lowest BCUT2D eigenvalue weighted by atomic mass is 9.70. The number of ether oxygens (including phenoxy) is 2. The second-order valence-corrected chi connectivity index (χ2v) is 10.2. The summed E-state index contributed by atoms with van der Waals surface area (Å²) < 4.78 is 11.8. The largest absolute Gasteiger partial charge is 0.497 e. The van der Waals surface area contributed by atoms with Gasteiger partial charge in [0.15, 0.2) is 0 Å². The number of fused-ring (bicyclic) bond motifs is 1. The Bertz CT molecular complexity index is 1060. The summed E-state index contributed by atoms with van der Waals surface area (Å²) in [6.45, 7) is 10.9. The fourth-order valence-electron chi connectivity index (χ4n) is 6.49. The number of methoxy groups -OCH3 is 1. The van der Waals surface area contributed by atoms with Crippen LogP contribution in [0.25, 0.3) is 0 Å². The predicted octanol–water partition coefficient (Wildman–Crippen LogP) is 2.40. The molecule has 3 heterocycles. The highest BCUT2D eigenvalue weighted by Crippen LogP contribution is 2.59. The molecule has 4 rings (SSSR count). The number of hydrogen-bond donors (Lipinski definition) is 1. The number of likely N-dealkylation sites (tertiary alicyclic amines) is 1. The fraction of sp³-hybridized carbons (Fsp3) is 0.552. The first-order chi connectivity index (χ1) is 18.4. The minimum atomic E-state index is -1.09. The topological polar surface area (TPSA) is 99.6 Å². The molecule has 0 aromatic heterocycles. The van der Waals surface area contributed by atoms with Crippen LogP contribution in [0.3, 0.4) is 0 Å². The minimum absolute atomic E-state index is 0.118. The number of aliphatic hydroxyl groups is 1. The van der Waals surface area contributed by atoms with Crippen LogP contribution in [-0.4, -0.2) is 90.3 Å². The Hall–Kier alpha value is -3.17. The molecule has 1 spiro atoms. The van der Waals surface area contributed by atoms with E-state index in [0.29, 0.717) is 43.8 Å². The van der Waals surface area contributed by atoms with Crippen LogP contribution in [-0.2, 0) is 19.1 Å². The molecule has 38 heavy (non-hydrogen) atoms. The SMILES string of the molecule is C=CCN(CCC)C(=O)[C@@H]1[C@H]2C(=O)N(CCCO)C(C(=O)N(CC=C)c3ccc(OC)cc3)C23CC[C@H]1O3. The third kappa shape index (κ3) is 4.62. The molecule has 3 amide bonds. The van der Waals surface area contributed by atoms with Gasteiger partial charge in [0, 0.05) is 38.5 Å². The zero-order valence-corrected chi connectivity index (χ0v) is 22.4. The Kier molecular flexibility index (Phi) is 8.57. The zero-order valence-electron chi connectivity index (χ0n) is 22.4. The van der Waals surface area contributed by atoms with Gasteiger partial charge in [-0.2, -0.15) is 0 Å². The first-order valence-electron chi connectivity index (χ1n) is 13.4. The quantitative estimate of drug-likeness (QED) is 0.397. The monoisotopic (exact) mass is 525 g/mol. The highest BCUT2D eigenvalue weighted by molar-refractivity contribution is 6.05. The van der Waals surface area contributed by atoms with Crippen molar-refractivity contribution >= 4 is 23.4 Å². The highest BCUT2D eigenvalue weighted by atomic mass is 16.5. The van der Waals surface area contributed by atoms with Gasteiger partial charge < -0.3 is 29.3 Å². The molecule has 3 aliphatic rings. The molecule has 3 aliphatic heterocycles. The second kappa shape index (κ2) is 11.7. The first-order valence-corrected chi connectivity index (χ1v) is 13.4. The van der Waals surface area contributed by atoms with Gasteiger partial charge in [0.1, 0.15) is 17.4 Å². The Morgan fingerprint density at radius 2 is 1.92 bits per heavy atom. The lowest BCUT2D eigenvalue weighted by molar-refractivity contribution is -0.145. The van der Waals surface area contributed by atoms with Gasteiger partial charge in [-0.1, -0.05) is 19.1 Å². The van der Waals surface area contributed by atoms with Crippen molar-refractivity contribution < 1.29 is 29.0 Å². The van der Waals surface area contributed by atoms with Crippen molar-refractivity contribution in [3.8, 4) is 5.75 Å². The number of carbonyl (C=O) groups excluding carboxylic acids is 3. The van der Waals surface area contributed by atoms with E-state index in [9.17, 15) is 19.5 Å². The van der Waals surface area contributed by atoms with Crippen molar-refractivity contribution in [2.24, 2.45) is 11.8 Å². The lowest BCUT2D eigenvalue weighted by Gasteiger charge is -2.37. The van der Waals surface area contributed by atoms with Gasteiger partial charge in [-0.25, -0.2) is 0 Å². The van der Waals surface area contributed by atoms with E-state index in [1.165, 1.54) is 0 Å². The van der Waals surface area contributed by atoms with E-state index in [2.05, 4.69) is 13.2 Å². The summed E-state index contributed by atoms with van der Waals surface area (Å²) in [5.74, 6) is -1.38.